The van der Waals surface area contributed by atoms with Gasteiger partial charge in [0, 0.05) is 68.0 Å². The Bertz CT molecular complexity index is 1470. The molecule has 2 aromatic heterocycles. The van der Waals surface area contributed by atoms with Gasteiger partial charge in [0.15, 0.2) is 11.0 Å². The zero-order valence-corrected chi connectivity index (χ0v) is 26.1. The van der Waals surface area contributed by atoms with Crippen LogP contribution in [0.25, 0.3) is 11.3 Å². The van der Waals surface area contributed by atoms with Crippen LogP contribution in [0.1, 0.15) is 42.2 Å². The molecular weight excluding hydrogens is 576 g/mol. The number of oxime groups is 1. The van der Waals surface area contributed by atoms with Crippen molar-refractivity contribution in [2.45, 2.75) is 45.6 Å². The van der Waals surface area contributed by atoms with Crippen molar-refractivity contribution in [2.24, 2.45) is 10.9 Å². The van der Waals surface area contributed by atoms with Gasteiger partial charge in [-0.1, -0.05) is 29.8 Å². The molecule has 0 aliphatic carbocycles. The lowest BCUT2D eigenvalue weighted by atomic mass is 10.1. The number of unbranched alkanes of at least 4 members (excludes halogenated alkanes) is 1. The lowest BCUT2D eigenvalue weighted by Gasteiger charge is -2.26. The second kappa shape index (κ2) is 15.5. The van der Waals surface area contributed by atoms with Gasteiger partial charge < -0.3 is 30.1 Å². The van der Waals surface area contributed by atoms with Crippen molar-refractivity contribution >= 4 is 22.3 Å². The summed E-state index contributed by atoms with van der Waals surface area (Å²) in [5.41, 5.74) is 9.53. The minimum Gasteiger partial charge on any atom is -0.455 e. The highest BCUT2D eigenvalue weighted by molar-refractivity contribution is 7.16. The number of thiazole rings is 1. The molecule has 1 aliphatic rings. The first-order valence-electron chi connectivity index (χ1n) is 14.9. The van der Waals surface area contributed by atoms with Crippen LogP contribution in [-0.4, -0.2) is 65.6 Å². The van der Waals surface area contributed by atoms with E-state index in [1.807, 2.05) is 36.7 Å². The number of nitrogens with zero attached hydrogens (tertiary/aromatic N) is 5. The number of hydrogen-bond donors (Lipinski definition) is 2. The second-order valence-corrected chi connectivity index (χ2v) is 11.8. The Hall–Kier alpha value is -4.19. The minimum atomic E-state index is -0.458. The average molecular weight is 617 g/mol. The number of aromatic nitrogens is 2. The molecule has 3 heterocycles. The molecule has 3 N–H and O–H groups in total. The molecule has 0 radical (unpaired) electrons. The number of anilines is 1. The average Bonchev–Trinajstić information content (AvgIpc) is 3.48. The molecule has 232 valence electrons. The molecular formula is C33H40N6O4S. The number of hydrogen-bond acceptors (Lipinski definition) is 10. The summed E-state index contributed by atoms with van der Waals surface area (Å²) in [4.78, 5) is 15.1. The number of nitrogens with two attached hydrogens (primary N) is 1. The van der Waals surface area contributed by atoms with E-state index in [0.717, 1.165) is 80.8 Å². The van der Waals surface area contributed by atoms with E-state index < -0.39 is 6.29 Å². The maximum Gasteiger partial charge on any atom is 0.241 e. The van der Waals surface area contributed by atoms with Crippen LogP contribution in [-0.2, 0) is 17.8 Å². The summed E-state index contributed by atoms with van der Waals surface area (Å²) in [7, 11) is 2.08. The predicted octanol–water partition coefficient (Wildman–Crippen LogP) is 5.74. The molecule has 1 fully saturated rings. The molecule has 5 rings (SSSR count). The quantitative estimate of drug-likeness (QED) is 0.0601. The van der Waals surface area contributed by atoms with Crippen molar-refractivity contribution in [3.63, 3.8) is 0 Å². The van der Waals surface area contributed by atoms with E-state index in [1.54, 1.807) is 35.6 Å². The van der Waals surface area contributed by atoms with Gasteiger partial charge in [0.1, 0.15) is 11.5 Å². The van der Waals surface area contributed by atoms with Gasteiger partial charge in [-0.05, 0) is 72.6 Å². The van der Waals surface area contributed by atoms with Gasteiger partial charge in [0.05, 0.1) is 18.9 Å². The van der Waals surface area contributed by atoms with Crippen molar-refractivity contribution in [1.29, 1.82) is 0 Å². The van der Waals surface area contributed by atoms with Crippen LogP contribution < -0.4 is 20.1 Å². The zero-order valence-electron chi connectivity index (χ0n) is 25.3. The topological polar surface area (TPSA) is 119 Å². The lowest BCUT2D eigenvalue weighted by Crippen LogP contribution is -2.35. The molecule has 1 atom stereocenters. The third-order valence-electron chi connectivity index (χ3n) is 7.37. The van der Waals surface area contributed by atoms with E-state index in [9.17, 15) is 0 Å². The van der Waals surface area contributed by atoms with E-state index in [4.69, 9.17) is 30.1 Å². The van der Waals surface area contributed by atoms with E-state index in [0.29, 0.717) is 11.3 Å². The first kappa shape index (κ1) is 31.2. The Balaban J connectivity index is 1.32. The van der Waals surface area contributed by atoms with Crippen molar-refractivity contribution in [3.05, 3.63) is 89.1 Å². The number of morpholine rings is 1. The summed E-state index contributed by atoms with van der Waals surface area (Å²) in [6, 6.07) is 19.3. The third kappa shape index (κ3) is 8.46. The van der Waals surface area contributed by atoms with E-state index in [-0.39, 0.29) is 5.84 Å². The second-order valence-electron chi connectivity index (χ2n) is 10.7. The van der Waals surface area contributed by atoms with E-state index >= 15 is 0 Å². The van der Waals surface area contributed by atoms with Crippen LogP contribution in [0.4, 0.5) is 5.13 Å². The number of rotatable bonds is 14. The molecule has 1 aliphatic heterocycles. The molecule has 1 unspecified atom stereocenters. The molecule has 4 aromatic rings. The fraction of sp³-hybridized carbons (Fsp3) is 0.364. The molecule has 10 nitrogen and oxygen atoms in total. The van der Waals surface area contributed by atoms with Gasteiger partial charge in [-0.15, -0.1) is 0 Å². The summed E-state index contributed by atoms with van der Waals surface area (Å²) in [5, 5.41) is 13.0. The Morgan fingerprint density at radius 1 is 1.05 bits per heavy atom. The highest BCUT2D eigenvalue weighted by atomic mass is 32.1. The SMILES string of the molecule is CCCCC(Oc1ccc(C(N)=NO)cc1)Oc1ccc(-c2nc(N(C)Cc3ccncc3)sc2CN2CCOCC2)cc1. The molecule has 1 saturated heterocycles. The molecule has 44 heavy (non-hydrogen) atoms. The lowest BCUT2D eigenvalue weighted by molar-refractivity contribution is -0.00211. The summed E-state index contributed by atoms with van der Waals surface area (Å²) in [6.07, 6.45) is 5.91. The van der Waals surface area contributed by atoms with Crippen LogP contribution in [0.2, 0.25) is 0 Å². The van der Waals surface area contributed by atoms with Crippen molar-refractivity contribution in [1.82, 2.24) is 14.9 Å². The van der Waals surface area contributed by atoms with Crippen LogP contribution >= 0.6 is 11.3 Å². The molecule has 0 bridgehead atoms. The van der Waals surface area contributed by atoms with Crippen molar-refractivity contribution in [2.75, 3.05) is 38.3 Å². The van der Waals surface area contributed by atoms with E-state index in [2.05, 4.69) is 46.0 Å². The smallest absolute Gasteiger partial charge is 0.241 e. The van der Waals surface area contributed by atoms with Gasteiger partial charge in [-0.2, -0.15) is 0 Å². The first-order valence-corrected chi connectivity index (χ1v) is 15.8. The van der Waals surface area contributed by atoms with Gasteiger partial charge in [0.2, 0.25) is 6.29 Å². The van der Waals surface area contributed by atoms with Gasteiger partial charge >= 0.3 is 0 Å². The number of ether oxygens (including phenoxy) is 3. The van der Waals surface area contributed by atoms with Crippen LogP contribution in [0.5, 0.6) is 11.5 Å². The first-order chi connectivity index (χ1) is 21.5. The monoisotopic (exact) mass is 616 g/mol. The summed E-state index contributed by atoms with van der Waals surface area (Å²) < 4.78 is 18.1. The summed E-state index contributed by atoms with van der Waals surface area (Å²) in [5.74, 6) is 1.43. The molecule has 0 spiro atoms. The fourth-order valence-corrected chi connectivity index (χ4v) is 5.98. The van der Waals surface area contributed by atoms with Gasteiger partial charge in [-0.25, -0.2) is 4.98 Å². The van der Waals surface area contributed by atoms with Crippen molar-refractivity contribution < 1.29 is 19.4 Å². The number of benzene rings is 2. The fourth-order valence-electron chi connectivity index (χ4n) is 4.90. The Labute approximate surface area is 262 Å². The molecule has 11 heteroatoms. The van der Waals surface area contributed by atoms with Gasteiger partial charge in [0.25, 0.3) is 0 Å². The van der Waals surface area contributed by atoms with Crippen LogP contribution in [0.15, 0.2) is 78.2 Å². The highest BCUT2D eigenvalue weighted by Crippen LogP contribution is 2.35. The number of pyridine rings is 1. The van der Waals surface area contributed by atoms with E-state index in [1.165, 1.54) is 10.4 Å². The Morgan fingerprint density at radius 3 is 2.34 bits per heavy atom. The largest absolute Gasteiger partial charge is 0.455 e. The third-order valence-corrected chi connectivity index (χ3v) is 8.52. The van der Waals surface area contributed by atoms with Crippen molar-refractivity contribution in [3.8, 4) is 22.8 Å². The van der Waals surface area contributed by atoms with Crippen LogP contribution in [0, 0.1) is 0 Å². The van der Waals surface area contributed by atoms with Crippen LogP contribution in [0.3, 0.4) is 0 Å². The number of amidine groups is 1. The maximum absolute atomic E-state index is 8.92. The van der Waals surface area contributed by atoms with Gasteiger partial charge in [-0.3, -0.25) is 9.88 Å². The molecule has 0 amide bonds. The molecule has 0 saturated carbocycles. The predicted molar refractivity (Wildman–Crippen MR) is 174 cm³/mol. The zero-order chi connectivity index (χ0) is 30.7. The molecule has 2 aromatic carbocycles. The minimum absolute atomic E-state index is 0.0520. The Kier molecular flexibility index (Phi) is 11.0. The summed E-state index contributed by atoms with van der Waals surface area (Å²) >= 11 is 1.74. The Morgan fingerprint density at radius 2 is 1.70 bits per heavy atom. The normalized spacial score (nSPS) is 14.7. The highest BCUT2D eigenvalue weighted by Gasteiger charge is 2.20. The maximum atomic E-state index is 8.92. The summed E-state index contributed by atoms with van der Waals surface area (Å²) in [6.45, 7) is 7.06. The standard InChI is InChI=1S/C33H40N6O4S/c1-3-4-5-30(43-28-12-8-26(9-13-28)32(34)37-40)42-27-10-6-25(7-11-27)31-29(23-39-18-20-41-21-19-39)44-33(36-31)38(2)22-24-14-16-35-17-15-24/h6-17,30,40H,3-5,18-23H2,1-2H3,(H2,34,37).